The number of nitrogens with one attached hydrogen (secondary N) is 1. The summed E-state index contributed by atoms with van der Waals surface area (Å²) in [5, 5.41) is 6.82. The van der Waals surface area contributed by atoms with Crippen molar-refractivity contribution in [2.24, 2.45) is 0 Å². The number of hydrogen-bond donors (Lipinski definition) is 1. The molecule has 0 fully saturated rings. The minimum Gasteiger partial charge on any atom is -0.332 e. The summed E-state index contributed by atoms with van der Waals surface area (Å²) < 4.78 is 42.1. The second-order valence-electron chi connectivity index (χ2n) is 7.27. The fraction of sp³-hybridized carbons (Fsp3) is 0.227. The fourth-order valence-electron chi connectivity index (χ4n) is 3.24. The van der Waals surface area contributed by atoms with Crippen molar-refractivity contribution >= 4 is 29.1 Å². The van der Waals surface area contributed by atoms with E-state index in [0.29, 0.717) is 15.4 Å². The van der Waals surface area contributed by atoms with Gasteiger partial charge in [-0.3, -0.25) is 9.59 Å². The normalized spacial score (nSPS) is 11.3. The summed E-state index contributed by atoms with van der Waals surface area (Å²) in [5.41, 5.74) is 0.467. The second kappa shape index (κ2) is 9.04. The molecule has 3 rings (SSSR count). The molecule has 1 N–H and O–H groups in total. The topological polar surface area (TPSA) is 67.2 Å². The van der Waals surface area contributed by atoms with Gasteiger partial charge in [0.1, 0.15) is 0 Å². The number of hydrogen-bond acceptors (Lipinski definition) is 3. The van der Waals surface area contributed by atoms with Crippen LogP contribution in [-0.2, 0) is 11.0 Å². The number of halogens is 4. The number of amides is 2. The third kappa shape index (κ3) is 4.94. The highest BCUT2D eigenvalue weighted by Gasteiger charge is 2.41. The molecule has 0 atom stereocenters. The van der Waals surface area contributed by atoms with Crippen molar-refractivity contribution in [3.63, 3.8) is 0 Å². The van der Waals surface area contributed by atoms with Crippen molar-refractivity contribution in [2.75, 3.05) is 18.9 Å². The van der Waals surface area contributed by atoms with E-state index in [1.54, 1.807) is 0 Å². The quantitative estimate of drug-likeness (QED) is 0.585. The molecule has 0 aliphatic carbocycles. The van der Waals surface area contributed by atoms with E-state index in [0.717, 1.165) is 22.2 Å². The van der Waals surface area contributed by atoms with Gasteiger partial charge in [-0.1, -0.05) is 29.8 Å². The van der Waals surface area contributed by atoms with Gasteiger partial charge in [0.05, 0.1) is 24.0 Å². The Kier molecular flexibility index (Phi) is 6.59. The number of nitrogens with zero attached hydrogens (tertiary/aromatic N) is 3. The Hall–Kier alpha value is -3.33. The molecule has 0 saturated carbocycles. The van der Waals surface area contributed by atoms with Gasteiger partial charge in [0.15, 0.2) is 5.69 Å². The Balaban J connectivity index is 1.85. The molecule has 0 unspecified atom stereocenters. The van der Waals surface area contributed by atoms with Crippen molar-refractivity contribution in [3.8, 4) is 5.69 Å². The van der Waals surface area contributed by atoms with Crippen LogP contribution in [-0.4, -0.2) is 40.1 Å². The molecule has 0 radical (unpaired) electrons. The zero-order valence-electron chi connectivity index (χ0n) is 17.5. The molecular weight excluding hydrogens is 445 g/mol. The number of likely N-dealkylation sites (N-methyl/N-ethyl adjacent to an activating group) is 1. The first-order valence-electron chi connectivity index (χ1n) is 9.51. The van der Waals surface area contributed by atoms with Crippen LogP contribution in [0, 0.1) is 13.8 Å². The molecule has 6 nitrogen and oxygen atoms in total. The second-order valence-corrected chi connectivity index (χ2v) is 7.71. The van der Waals surface area contributed by atoms with Gasteiger partial charge in [0.2, 0.25) is 5.91 Å². The Labute approximate surface area is 187 Å². The summed E-state index contributed by atoms with van der Waals surface area (Å²) in [6, 6.07) is 11.0. The van der Waals surface area contributed by atoms with Crippen LogP contribution < -0.4 is 5.32 Å². The number of anilines is 1. The van der Waals surface area contributed by atoms with Crippen molar-refractivity contribution < 1.29 is 22.8 Å². The van der Waals surface area contributed by atoms with Crippen LogP contribution in [0.1, 0.15) is 27.2 Å². The van der Waals surface area contributed by atoms with E-state index in [2.05, 4.69) is 10.4 Å². The van der Waals surface area contributed by atoms with Crippen LogP contribution in [0.3, 0.4) is 0 Å². The molecule has 0 aliphatic heterocycles. The predicted octanol–water partition coefficient (Wildman–Crippen LogP) is 4.87. The third-order valence-corrected chi connectivity index (χ3v) is 5.06. The Morgan fingerprint density at radius 3 is 2.25 bits per heavy atom. The maximum Gasteiger partial charge on any atom is 0.434 e. The Morgan fingerprint density at radius 2 is 1.69 bits per heavy atom. The van der Waals surface area contributed by atoms with E-state index >= 15 is 0 Å². The summed E-state index contributed by atoms with van der Waals surface area (Å²) in [4.78, 5) is 26.2. The number of rotatable bonds is 5. The van der Waals surface area contributed by atoms with Gasteiger partial charge in [-0.05, 0) is 49.2 Å². The summed E-state index contributed by atoms with van der Waals surface area (Å²) in [5.74, 6) is -1.51. The average molecular weight is 465 g/mol. The highest BCUT2D eigenvalue weighted by molar-refractivity contribution is 6.30. The zero-order valence-corrected chi connectivity index (χ0v) is 18.3. The molecule has 0 spiro atoms. The average Bonchev–Trinajstić information content (AvgIpc) is 3.16. The van der Waals surface area contributed by atoms with E-state index in [1.165, 1.54) is 31.3 Å². The fourth-order valence-corrected chi connectivity index (χ4v) is 3.37. The molecule has 2 aromatic carbocycles. The first-order chi connectivity index (χ1) is 15.0. The van der Waals surface area contributed by atoms with E-state index in [-0.39, 0.29) is 5.69 Å². The van der Waals surface area contributed by atoms with Gasteiger partial charge in [0, 0.05) is 17.8 Å². The van der Waals surface area contributed by atoms with Gasteiger partial charge in [-0.2, -0.15) is 18.3 Å². The van der Waals surface area contributed by atoms with Crippen LogP contribution in [0.5, 0.6) is 0 Å². The summed E-state index contributed by atoms with van der Waals surface area (Å²) in [6.45, 7) is 3.20. The first-order valence-corrected chi connectivity index (χ1v) is 9.89. The minimum atomic E-state index is -4.86. The molecule has 1 heterocycles. The number of aromatic nitrogens is 2. The predicted molar refractivity (Wildman–Crippen MR) is 115 cm³/mol. The van der Waals surface area contributed by atoms with E-state index in [4.69, 9.17) is 11.6 Å². The lowest BCUT2D eigenvalue weighted by Crippen LogP contribution is -2.36. The maximum atomic E-state index is 13.8. The monoisotopic (exact) mass is 464 g/mol. The van der Waals surface area contributed by atoms with Crippen LogP contribution in [0.15, 0.2) is 48.7 Å². The van der Waals surface area contributed by atoms with Gasteiger partial charge in [0.25, 0.3) is 5.91 Å². The molecule has 1 aromatic heterocycles. The van der Waals surface area contributed by atoms with Crippen molar-refractivity contribution in [3.05, 3.63) is 76.1 Å². The zero-order chi connectivity index (χ0) is 23.6. The lowest BCUT2D eigenvalue weighted by molar-refractivity contribution is -0.143. The summed E-state index contributed by atoms with van der Waals surface area (Å²) in [6.07, 6.45) is -4.01. The molecule has 10 heteroatoms. The first kappa shape index (κ1) is 23.3. The number of aryl methyl sites for hydroxylation is 2. The number of carbonyl (C=O) groups is 2. The van der Waals surface area contributed by atoms with Gasteiger partial charge >= 0.3 is 6.18 Å². The molecular formula is C22H20ClF3N4O2. The van der Waals surface area contributed by atoms with Crippen LogP contribution in [0.2, 0.25) is 5.02 Å². The number of alkyl halides is 3. The number of carbonyl (C=O) groups excluding carboxylic acids is 2. The Morgan fingerprint density at radius 1 is 1.09 bits per heavy atom. The minimum absolute atomic E-state index is 0.0937. The summed E-state index contributed by atoms with van der Waals surface area (Å²) >= 11 is 5.80. The van der Waals surface area contributed by atoms with Crippen LogP contribution in [0.4, 0.5) is 18.9 Å². The van der Waals surface area contributed by atoms with Gasteiger partial charge < -0.3 is 10.2 Å². The maximum absolute atomic E-state index is 13.8. The lowest BCUT2D eigenvalue weighted by Gasteiger charge is -2.19. The van der Waals surface area contributed by atoms with Gasteiger partial charge in [-0.25, -0.2) is 4.68 Å². The van der Waals surface area contributed by atoms with E-state index in [1.807, 2.05) is 32.0 Å². The van der Waals surface area contributed by atoms with Gasteiger partial charge in [-0.15, -0.1) is 0 Å². The number of para-hydroxylation sites is 1. The molecule has 2 amide bonds. The number of benzene rings is 2. The summed E-state index contributed by atoms with van der Waals surface area (Å²) in [7, 11) is 1.26. The highest BCUT2D eigenvalue weighted by Crippen LogP contribution is 2.34. The molecule has 0 saturated heterocycles. The van der Waals surface area contributed by atoms with E-state index in [9.17, 15) is 22.8 Å². The standard InChI is InChI=1S/C22H20ClF3N4O2/c1-13-5-4-6-14(2)19(13)28-18(31)12-29(3)21(32)17-11-27-30(20(17)22(24,25)26)16-9-7-15(23)8-10-16/h4-11H,12H2,1-3H3,(H,28,31). The Bertz CT molecular complexity index is 1140. The third-order valence-electron chi connectivity index (χ3n) is 4.81. The van der Waals surface area contributed by atoms with Crippen molar-refractivity contribution in [2.45, 2.75) is 20.0 Å². The molecule has 168 valence electrons. The molecule has 32 heavy (non-hydrogen) atoms. The smallest absolute Gasteiger partial charge is 0.332 e. The van der Waals surface area contributed by atoms with Crippen LogP contribution >= 0.6 is 11.6 Å². The lowest BCUT2D eigenvalue weighted by atomic mass is 10.1. The molecule has 3 aromatic rings. The molecule has 0 aliphatic rings. The van der Waals surface area contributed by atoms with Crippen molar-refractivity contribution in [1.29, 1.82) is 0 Å². The highest BCUT2D eigenvalue weighted by atomic mass is 35.5. The van der Waals surface area contributed by atoms with Crippen molar-refractivity contribution in [1.82, 2.24) is 14.7 Å². The van der Waals surface area contributed by atoms with E-state index < -0.39 is 35.8 Å². The molecule has 0 bridgehead atoms. The van der Waals surface area contributed by atoms with Crippen LogP contribution in [0.25, 0.3) is 5.69 Å². The SMILES string of the molecule is Cc1cccc(C)c1NC(=O)CN(C)C(=O)c1cnn(-c2ccc(Cl)cc2)c1C(F)(F)F. The largest absolute Gasteiger partial charge is 0.434 e.